The molecule has 1 unspecified atom stereocenters. The maximum Gasteiger partial charge on any atom is 0.352 e. The predicted molar refractivity (Wildman–Crippen MR) is 156 cm³/mol. The SMILES string of the molecule is CCOC(=O)Cc1nc(SCC2=C(C(=O)O)N3C(=O)C(NC(=O)CCC[C@@H](NC(=O)c4ccccc4)C(=O)O)[C@H]3SC2)n[nH]1. The molecule has 3 heterocycles. The minimum Gasteiger partial charge on any atom is -0.480 e. The van der Waals surface area contributed by atoms with Crippen LogP contribution in [0.1, 0.15) is 42.4 Å². The summed E-state index contributed by atoms with van der Waals surface area (Å²) in [4.78, 5) is 78.6. The van der Waals surface area contributed by atoms with Crippen LogP contribution in [-0.4, -0.2) is 101 Å². The maximum absolute atomic E-state index is 12.9. The molecular formula is C27H30N6O9S2. The van der Waals surface area contributed by atoms with Crippen LogP contribution >= 0.6 is 23.5 Å². The molecule has 1 fully saturated rings. The first-order valence-electron chi connectivity index (χ1n) is 13.6. The van der Waals surface area contributed by atoms with E-state index in [-0.39, 0.29) is 49.5 Å². The lowest BCUT2D eigenvalue weighted by Gasteiger charge is -2.49. The summed E-state index contributed by atoms with van der Waals surface area (Å²) < 4.78 is 4.88. The van der Waals surface area contributed by atoms with Gasteiger partial charge in [0.15, 0.2) is 0 Å². The molecule has 5 N–H and O–H groups in total. The van der Waals surface area contributed by atoms with E-state index in [0.29, 0.717) is 22.1 Å². The van der Waals surface area contributed by atoms with Gasteiger partial charge in [0, 0.05) is 23.5 Å². The van der Waals surface area contributed by atoms with E-state index in [9.17, 15) is 39.0 Å². The van der Waals surface area contributed by atoms with Gasteiger partial charge in [-0.15, -0.1) is 16.9 Å². The quantitative estimate of drug-likeness (QED) is 0.103. The number of carboxylic acids is 2. The van der Waals surface area contributed by atoms with Crippen LogP contribution in [0.4, 0.5) is 0 Å². The molecule has 234 valence electrons. The van der Waals surface area contributed by atoms with Crippen molar-refractivity contribution in [3.63, 3.8) is 0 Å². The standard InChI is InChI=1S/C27H30N6O9S2/c1-2-42-19(35)11-17-29-27(32-31-17)44-13-15-12-43-24-20(23(37)33(24)21(15)26(40)41)30-18(34)10-6-9-16(25(38)39)28-22(36)14-7-4-3-5-8-14/h3-5,7-8,16,20,24H,2,6,9-13H2,1H3,(H,28,36)(H,30,34)(H,38,39)(H,40,41)(H,29,31,32)/t16-,20?,24-/m1/s1. The molecule has 1 aromatic heterocycles. The second-order valence-corrected chi connectivity index (χ2v) is 11.7. The summed E-state index contributed by atoms with van der Waals surface area (Å²) in [7, 11) is 0. The second-order valence-electron chi connectivity index (χ2n) is 9.67. The van der Waals surface area contributed by atoms with Crippen molar-refractivity contribution >= 4 is 59.2 Å². The van der Waals surface area contributed by atoms with E-state index in [1.54, 1.807) is 37.3 Å². The smallest absolute Gasteiger partial charge is 0.352 e. The van der Waals surface area contributed by atoms with Crippen LogP contribution in [0.2, 0.25) is 0 Å². The Morgan fingerprint density at radius 1 is 1.20 bits per heavy atom. The summed E-state index contributed by atoms with van der Waals surface area (Å²) in [6, 6.07) is 6.01. The molecular weight excluding hydrogens is 616 g/mol. The van der Waals surface area contributed by atoms with Crippen molar-refractivity contribution in [2.24, 2.45) is 0 Å². The van der Waals surface area contributed by atoms with E-state index < -0.39 is 53.1 Å². The van der Waals surface area contributed by atoms with Crippen LogP contribution in [0.5, 0.6) is 0 Å². The second kappa shape index (κ2) is 14.9. The number of rotatable bonds is 15. The number of hydrogen-bond donors (Lipinski definition) is 5. The van der Waals surface area contributed by atoms with Gasteiger partial charge in [-0.2, -0.15) is 0 Å². The molecule has 0 radical (unpaired) electrons. The van der Waals surface area contributed by atoms with Gasteiger partial charge < -0.3 is 25.6 Å². The number of nitrogens with one attached hydrogen (secondary N) is 3. The number of benzene rings is 1. The van der Waals surface area contributed by atoms with Gasteiger partial charge in [-0.3, -0.25) is 29.2 Å². The van der Waals surface area contributed by atoms with Gasteiger partial charge in [0.05, 0.1) is 6.61 Å². The summed E-state index contributed by atoms with van der Waals surface area (Å²) in [5.41, 5.74) is 0.636. The first-order chi connectivity index (χ1) is 21.1. The van der Waals surface area contributed by atoms with Crippen LogP contribution < -0.4 is 10.6 Å². The molecule has 17 heteroatoms. The van der Waals surface area contributed by atoms with Crippen molar-refractivity contribution in [2.75, 3.05) is 18.1 Å². The number of H-pyrrole nitrogens is 1. The molecule has 4 rings (SSSR count). The van der Waals surface area contributed by atoms with Gasteiger partial charge in [-0.05, 0) is 37.5 Å². The lowest BCUT2D eigenvalue weighted by Crippen LogP contribution is -2.70. The predicted octanol–water partition coefficient (Wildman–Crippen LogP) is 0.795. The summed E-state index contributed by atoms with van der Waals surface area (Å²) in [6.45, 7) is 1.93. The summed E-state index contributed by atoms with van der Waals surface area (Å²) in [6.07, 6.45) is -0.0517. The Morgan fingerprint density at radius 2 is 1.95 bits per heavy atom. The zero-order chi connectivity index (χ0) is 31.8. The van der Waals surface area contributed by atoms with Gasteiger partial charge in [-0.1, -0.05) is 30.0 Å². The highest BCUT2D eigenvalue weighted by Gasteiger charge is 2.54. The number of carbonyl (C=O) groups excluding carboxylic acids is 4. The van der Waals surface area contributed by atoms with Gasteiger partial charge in [0.1, 0.15) is 35.4 Å². The number of carbonyl (C=O) groups is 6. The Hall–Kier alpha value is -4.38. The molecule has 1 aromatic carbocycles. The molecule has 3 atom stereocenters. The fourth-order valence-corrected chi connectivity index (χ4v) is 6.82. The van der Waals surface area contributed by atoms with E-state index in [1.165, 1.54) is 11.8 Å². The molecule has 44 heavy (non-hydrogen) atoms. The van der Waals surface area contributed by atoms with Crippen LogP contribution in [0.25, 0.3) is 0 Å². The molecule has 0 aliphatic carbocycles. The Labute approximate surface area is 259 Å². The number of ether oxygens (including phenoxy) is 1. The van der Waals surface area contributed by atoms with Crippen LogP contribution in [0, 0.1) is 0 Å². The average molecular weight is 647 g/mol. The third kappa shape index (κ3) is 7.96. The highest BCUT2D eigenvalue weighted by Crippen LogP contribution is 2.41. The Morgan fingerprint density at radius 3 is 2.64 bits per heavy atom. The zero-order valence-corrected chi connectivity index (χ0v) is 25.1. The van der Waals surface area contributed by atoms with Crippen LogP contribution in [0.3, 0.4) is 0 Å². The Kier molecular flexibility index (Phi) is 11.0. The molecule has 2 aromatic rings. The number of aliphatic carboxylic acids is 2. The molecule has 1 saturated heterocycles. The van der Waals surface area contributed by atoms with Crippen molar-refractivity contribution in [2.45, 2.75) is 55.2 Å². The molecule has 2 aliphatic heterocycles. The highest BCUT2D eigenvalue weighted by molar-refractivity contribution is 8.01. The largest absolute Gasteiger partial charge is 0.480 e. The number of hydrogen-bond acceptors (Lipinski definition) is 11. The van der Waals surface area contributed by atoms with Gasteiger partial charge >= 0.3 is 17.9 Å². The van der Waals surface area contributed by atoms with E-state index >= 15 is 0 Å². The van der Waals surface area contributed by atoms with Gasteiger partial charge in [0.2, 0.25) is 11.1 Å². The molecule has 0 bridgehead atoms. The number of esters is 1. The highest BCUT2D eigenvalue weighted by atomic mass is 32.2. The summed E-state index contributed by atoms with van der Waals surface area (Å²) in [5.74, 6) is -3.79. The number of fused-ring (bicyclic) bond motifs is 1. The van der Waals surface area contributed by atoms with Crippen molar-refractivity contribution in [3.8, 4) is 0 Å². The van der Waals surface area contributed by atoms with Crippen LogP contribution in [0.15, 0.2) is 46.8 Å². The fourth-order valence-electron chi connectivity index (χ4n) is 4.52. The minimum absolute atomic E-state index is 0.00759. The van der Waals surface area contributed by atoms with E-state index in [1.807, 2.05) is 0 Å². The normalized spacial score (nSPS) is 18.1. The third-order valence-electron chi connectivity index (χ3n) is 6.61. The molecule has 15 nitrogen and oxygen atoms in total. The fraction of sp³-hybridized carbons (Fsp3) is 0.407. The van der Waals surface area contributed by atoms with Gasteiger partial charge in [-0.25, -0.2) is 14.6 Å². The van der Waals surface area contributed by atoms with Crippen molar-refractivity contribution in [3.05, 3.63) is 53.0 Å². The monoisotopic (exact) mass is 646 g/mol. The molecule has 0 saturated carbocycles. The van der Waals surface area contributed by atoms with Gasteiger partial charge in [0.25, 0.3) is 11.8 Å². The Bertz CT molecular complexity index is 1460. The maximum atomic E-state index is 12.9. The molecule has 0 spiro atoms. The van der Waals surface area contributed by atoms with E-state index in [0.717, 1.165) is 16.7 Å². The third-order valence-corrected chi connectivity index (χ3v) is 8.88. The molecule has 3 amide bonds. The first-order valence-corrected chi connectivity index (χ1v) is 15.6. The lowest BCUT2D eigenvalue weighted by atomic mass is 10.0. The van der Waals surface area contributed by atoms with Crippen LogP contribution in [-0.2, 0) is 35.1 Å². The number of aromatic amines is 1. The lowest BCUT2D eigenvalue weighted by molar-refractivity contribution is -0.150. The average Bonchev–Trinajstić information content (AvgIpc) is 3.44. The number of thioether (sulfide) groups is 2. The molecule has 2 aliphatic rings. The number of carboxylic acid groups (broad SMARTS) is 2. The van der Waals surface area contributed by atoms with E-state index in [4.69, 9.17) is 4.74 Å². The van der Waals surface area contributed by atoms with Crippen molar-refractivity contribution < 1.29 is 43.7 Å². The topological polar surface area (TPSA) is 221 Å². The summed E-state index contributed by atoms with van der Waals surface area (Å²) in [5, 5.41) is 30.8. The zero-order valence-electron chi connectivity index (χ0n) is 23.5. The number of nitrogens with zero attached hydrogens (tertiary/aromatic N) is 3. The van der Waals surface area contributed by atoms with Crippen molar-refractivity contribution in [1.29, 1.82) is 0 Å². The Balaban J connectivity index is 1.28. The van der Waals surface area contributed by atoms with E-state index in [2.05, 4.69) is 25.8 Å². The summed E-state index contributed by atoms with van der Waals surface area (Å²) >= 11 is 2.46. The minimum atomic E-state index is -1.28. The number of amides is 3. The number of β-lactam (4-membered cyclic amide) rings is 1. The first kappa shape index (κ1) is 32.5. The van der Waals surface area contributed by atoms with Crippen molar-refractivity contribution in [1.82, 2.24) is 30.7 Å². The number of aromatic nitrogens is 3.